The van der Waals surface area contributed by atoms with Gasteiger partial charge in [0.05, 0.1) is 40.3 Å². The van der Waals surface area contributed by atoms with Crippen molar-refractivity contribution < 1.29 is 38.2 Å². The van der Waals surface area contributed by atoms with Gasteiger partial charge in [0.2, 0.25) is 0 Å². The van der Waals surface area contributed by atoms with E-state index in [-0.39, 0.29) is 42.7 Å². The molecule has 0 aromatic rings. The molecule has 0 aliphatic rings. The number of nitrogens with zero attached hydrogens (tertiary/aromatic N) is 1. The molecule has 0 radical (unpaired) electrons. The fourth-order valence-corrected chi connectivity index (χ4v) is 6.28. The minimum atomic E-state index is -1.12. The zero-order chi connectivity index (χ0) is 38.5. The lowest BCUT2D eigenvalue weighted by atomic mass is 10.0. The summed E-state index contributed by atoms with van der Waals surface area (Å²) in [6.07, 6.45) is 37.9. The first-order valence-corrected chi connectivity index (χ1v) is 21.4. The lowest BCUT2D eigenvalue weighted by Gasteiger charge is -2.34. The highest BCUT2D eigenvalue weighted by molar-refractivity contribution is 5.70. The van der Waals surface area contributed by atoms with Crippen LogP contribution in [0.15, 0.2) is 24.3 Å². The summed E-state index contributed by atoms with van der Waals surface area (Å²) in [7, 11) is 5.40. The Balaban J connectivity index is 4.16. The Morgan fingerprint density at radius 3 is 1.58 bits per heavy atom. The number of hydrogen-bond acceptors (Lipinski definition) is 7. The maximum Gasteiger partial charge on any atom is 0.306 e. The Morgan fingerprint density at radius 1 is 0.596 bits per heavy atom. The van der Waals surface area contributed by atoms with Crippen molar-refractivity contribution in [3.8, 4) is 0 Å². The number of hydrogen-bond donors (Lipinski definition) is 0. The Bertz CT molecular complexity index is 911. The number of carbonyl (C=O) groups excluding carboxylic acids is 3. The number of likely N-dealkylation sites (N-methyl/N-ethyl adjacent to an activating group) is 1. The second-order valence-electron chi connectivity index (χ2n) is 15.6. The minimum Gasteiger partial charge on any atom is -0.544 e. The molecule has 8 nitrogen and oxygen atoms in total. The minimum absolute atomic E-state index is 0.0444. The number of carboxylic acids is 1. The molecule has 0 bridgehead atoms. The molecule has 0 spiro atoms. The van der Waals surface area contributed by atoms with Gasteiger partial charge in [-0.25, -0.2) is 0 Å². The van der Waals surface area contributed by atoms with Gasteiger partial charge in [-0.2, -0.15) is 0 Å². The predicted molar refractivity (Wildman–Crippen MR) is 213 cm³/mol. The summed E-state index contributed by atoms with van der Waals surface area (Å²) in [5.41, 5.74) is 0. The Labute approximate surface area is 320 Å². The predicted octanol–water partition coefficient (Wildman–Crippen LogP) is 9.97. The number of unbranched alkanes of at least 4 members (excludes halogenated alkanes) is 20. The van der Waals surface area contributed by atoms with E-state index in [1.54, 1.807) is 21.1 Å². The normalized spacial score (nSPS) is 13.2. The third-order valence-corrected chi connectivity index (χ3v) is 9.60. The largest absolute Gasteiger partial charge is 0.544 e. The number of allylic oxidation sites excluding steroid dienone is 4. The van der Waals surface area contributed by atoms with Crippen LogP contribution in [-0.2, 0) is 28.6 Å². The van der Waals surface area contributed by atoms with Crippen molar-refractivity contribution in [2.24, 2.45) is 0 Å². The van der Waals surface area contributed by atoms with Crippen LogP contribution in [-0.4, -0.2) is 75.5 Å². The van der Waals surface area contributed by atoms with E-state index in [4.69, 9.17) is 14.2 Å². The van der Waals surface area contributed by atoms with Gasteiger partial charge in [-0.05, 0) is 38.5 Å². The summed E-state index contributed by atoms with van der Waals surface area (Å²) in [6.45, 7) is 4.52. The van der Waals surface area contributed by atoms with E-state index in [0.717, 1.165) is 51.4 Å². The van der Waals surface area contributed by atoms with Crippen LogP contribution < -0.4 is 5.11 Å². The lowest BCUT2D eigenvalue weighted by molar-refractivity contribution is -0.889. The van der Waals surface area contributed by atoms with E-state index >= 15 is 0 Å². The SMILES string of the molecule is CC/C=C/C/C=C/CCCCCCCCCCCCCCCCC(=O)OC(COCCC(C(=O)[O-])[N+](C)(C)C)COC(=O)CCCCCCCCC. The summed E-state index contributed by atoms with van der Waals surface area (Å²) < 4.78 is 17.1. The molecule has 0 amide bonds. The van der Waals surface area contributed by atoms with Crippen molar-refractivity contribution in [3.63, 3.8) is 0 Å². The molecule has 0 aromatic carbocycles. The monoisotopic (exact) mass is 736 g/mol. The first kappa shape index (κ1) is 49.8. The van der Waals surface area contributed by atoms with Gasteiger partial charge in [0.25, 0.3) is 0 Å². The van der Waals surface area contributed by atoms with E-state index in [1.807, 2.05) is 0 Å². The van der Waals surface area contributed by atoms with Crippen molar-refractivity contribution in [1.29, 1.82) is 0 Å². The summed E-state index contributed by atoms with van der Waals surface area (Å²) in [6, 6.07) is -0.720. The molecular formula is C44H81NO7. The molecule has 0 aliphatic heterocycles. The van der Waals surface area contributed by atoms with Crippen LogP contribution in [0.3, 0.4) is 0 Å². The Morgan fingerprint density at radius 2 is 1.08 bits per heavy atom. The lowest BCUT2D eigenvalue weighted by Crippen LogP contribution is -2.55. The van der Waals surface area contributed by atoms with Crippen LogP contribution >= 0.6 is 0 Å². The summed E-state index contributed by atoms with van der Waals surface area (Å²) >= 11 is 0. The zero-order valence-electron chi connectivity index (χ0n) is 34.5. The molecule has 0 aromatic heterocycles. The van der Waals surface area contributed by atoms with Crippen LogP contribution in [0.2, 0.25) is 0 Å². The number of carboxylic acid groups (broad SMARTS) is 1. The molecule has 0 heterocycles. The van der Waals surface area contributed by atoms with E-state index in [1.165, 1.54) is 103 Å². The number of quaternary nitrogens is 1. The van der Waals surface area contributed by atoms with Crippen LogP contribution in [0, 0.1) is 0 Å². The molecule has 0 N–H and O–H groups in total. The highest BCUT2D eigenvalue weighted by Crippen LogP contribution is 2.15. The topological polar surface area (TPSA) is 102 Å². The van der Waals surface area contributed by atoms with Gasteiger partial charge in [0, 0.05) is 19.3 Å². The molecule has 8 heteroatoms. The maximum atomic E-state index is 12.7. The van der Waals surface area contributed by atoms with Crippen molar-refractivity contribution in [2.75, 3.05) is 41.0 Å². The van der Waals surface area contributed by atoms with Gasteiger partial charge in [-0.1, -0.05) is 154 Å². The first-order valence-electron chi connectivity index (χ1n) is 21.4. The quantitative estimate of drug-likeness (QED) is 0.0269. The van der Waals surface area contributed by atoms with Crippen molar-refractivity contribution in [2.45, 2.75) is 199 Å². The highest BCUT2D eigenvalue weighted by Gasteiger charge is 2.25. The smallest absolute Gasteiger partial charge is 0.306 e. The van der Waals surface area contributed by atoms with Gasteiger partial charge in [-0.15, -0.1) is 0 Å². The molecule has 2 atom stereocenters. The molecule has 304 valence electrons. The number of ether oxygens (including phenoxy) is 3. The van der Waals surface area contributed by atoms with Crippen molar-refractivity contribution in [1.82, 2.24) is 0 Å². The van der Waals surface area contributed by atoms with Crippen LogP contribution in [0.25, 0.3) is 0 Å². The Kier molecular flexibility index (Phi) is 34.3. The number of aliphatic carboxylic acids is 1. The van der Waals surface area contributed by atoms with Crippen molar-refractivity contribution in [3.05, 3.63) is 24.3 Å². The fourth-order valence-electron chi connectivity index (χ4n) is 6.28. The van der Waals surface area contributed by atoms with Gasteiger partial charge in [-0.3, -0.25) is 9.59 Å². The molecule has 0 fully saturated rings. The van der Waals surface area contributed by atoms with E-state index in [9.17, 15) is 19.5 Å². The average molecular weight is 736 g/mol. The number of esters is 2. The van der Waals surface area contributed by atoms with E-state index in [2.05, 4.69) is 38.2 Å². The highest BCUT2D eigenvalue weighted by atomic mass is 16.6. The second-order valence-corrected chi connectivity index (χ2v) is 15.6. The standard InChI is InChI=1S/C44H81NO7/c1-6-8-10-12-14-15-16-17-18-19-20-21-22-23-24-25-26-27-29-31-33-35-43(47)52-40(38-50-37-36-41(44(48)49)45(3,4)5)39-51-42(46)34-32-30-28-13-11-9-7-2/h8,10,14-15,40-41H,6-7,9,11-13,16-39H2,1-5H3/b10-8+,15-14+. The van der Waals surface area contributed by atoms with Gasteiger partial charge >= 0.3 is 11.9 Å². The summed E-state index contributed by atoms with van der Waals surface area (Å²) in [5.74, 6) is -1.74. The molecule has 0 rings (SSSR count). The molecule has 0 saturated carbocycles. The van der Waals surface area contributed by atoms with Gasteiger partial charge < -0.3 is 28.6 Å². The average Bonchev–Trinajstić information content (AvgIpc) is 3.09. The van der Waals surface area contributed by atoms with Crippen LogP contribution in [0.5, 0.6) is 0 Å². The second kappa shape index (κ2) is 35.8. The molecule has 2 unspecified atom stereocenters. The number of carbonyl (C=O) groups is 3. The third kappa shape index (κ3) is 33.6. The summed E-state index contributed by atoms with van der Waals surface area (Å²) in [4.78, 5) is 36.6. The first-order chi connectivity index (χ1) is 25.1. The number of rotatable bonds is 38. The summed E-state index contributed by atoms with van der Waals surface area (Å²) in [5, 5.41) is 11.6. The van der Waals surface area contributed by atoms with Crippen LogP contribution in [0.1, 0.15) is 187 Å². The van der Waals surface area contributed by atoms with Crippen molar-refractivity contribution >= 4 is 17.9 Å². The molecule has 0 saturated heterocycles. The molecule has 0 aliphatic carbocycles. The van der Waals surface area contributed by atoms with Crippen LogP contribution in [0.4, 0.5) is 0 Å². The Hall–Kier alpha value is -2.19. The fraction of sp³-hybridized carbons (Fsp3) is 0.841. The van der Waals surface area contributed by atoms with Gasteiger partial charge in [0.1, 0.15) is 12.6 Å². The molecule has 52 heavy (non-hydrogen) atoms. The third-order valence-electron chi connectivity index (χ3n) is 9.60. The maximum absolute atomic E-state index is 12.7. The van der Waals surface area contributed by atoms with Gasteiger partial charge in [0.15, 0.2) is 6.10 Å². The van der Waals surface area contributed by atoms with E-state index < -0.39 is 18.1 Å². The van der Waals surface area contributed by atoms with E-state index in [0.29, 0.717) is 12.8 Å². The molecular weight excluding hydrogens is 654 g/mol. The zero-order valence-corrected chi connectivity index (χ0v) is 34.5.